The van der Waals surface area contributed by atoms with Crippen molar-refractivity contribution in [2.75, 3.05) is 24.7 Å². The zero-order chi connectivity index (χ0) is 25.5. The predicted molar refractivity (Wildman–Crippen MR) is 137 cm³/mol. The Labute approximate surface area is 215 Å². The van der Waals surface area contributed by atoms with Crippen LogP contribution in [0.3, 0.4) is 0 Å². The third-order valence-electron chi connectivity index (χ3n) is 7.77. The number of rotatable bonds is 9. The van der Waals surface area contributed by atoms with Crippen LogP contribution in [0.5, 0.6) is 0 Å². The summed E-state index contributed by atoms with van der Waals surface area (Å²) in [5.74, 6) is -2.16. The average molecular weight is 521 g/mol. The number of thioether (sulfide) groups is 1. The van der Waals surface area contributed by atoms with Gasteiger partial charge in [-0.05, 0) is 37.8 Å². The van der Waals surface area contributed by atoms with Crippen LogP contribution in [0.4, 0.5) is 5.69 Å². The molecular formula is C26H33ClN2O5S. The van der Waals surface area contributed by atoms with Crippen molar-refractivity contribution in [3.63, 3.8) is 0 Å². The molecule has 3 aliphatic heterocycles. The fourth-order valence-electron chi connectivity index (χ4n) is 6.31. The molecule has 3 heterocycles. The lowest BCUT2D eigenvalue weighted by Crippen LogP contribution is -2.59. The summed E-state index contributed by atoms with van der Waals surface area (Å²) in [6.45, 7) is 9.69. The van der Waals surface area contributed by atoms with E-state index in [1.54, 1.807) is 58.8 Å². The van der Waals surface area contributed by atoms with E-state index >= 15 is 0 Å². The van der Waals surface area contributed by atoms with Gasteiger partial charge in [0.2, 0.25) is 5.91 Å². The fourth-order valence-corrected chi connectivity index (χ4v) is 8.93. The van der Waals surface area contributed by atoms with Gasteiger partial charge >= 0.3 is 5.97 Å². The molecule has 1 aromatic rings. The van der Waals surface area contributed by atoms with Gasteiger partial charge in [0.1, 0.15) is 6.04 Å². The number of hydrogen-bond acceptors (Lipinski definition) is 6. The van der Waals surface area contributed by atoms with Gasteiger partial charge in [-0.25, -0.2) is 0 Å². The van der Waals surface area contributed by atoms with Crippen LogP contribution in [0.2, 0.25) is 5.02 Å². The van der Waals surface area contributed by atoms with Gasteiger partial charge in [0.05, 0.1) is 46.5 Å². The number of aliphatic hydroxyl groups is 1. The lowest BCUT2D eigenvalue weighted by atomic mass is 9.66. The molecule has 190 valence electrons. The first kappa shape index (κ1) is 26.0. The molecule has 1 aromatic carbocycles. The third-order valence-corrected chi connectivity index (χ3v) is 10.2. The maximum Gasteiger partial charge on any atom is 0.310 e. The Morgan fingerprint density at radius 2 is 2.11 bits per heavy atom. The number of halogens is 1. The number of nitrogens with zero attached hydrogens (tertiary/aromatic N) is 2. The number of amides is 2. The molecule has 2 amide bonds. The quantitative estimate of drug-likeness (QED) is 0.396. The third kappa shape index (κ3) is 3.89. The second-order valence-electron chi connectivity index (χ2n) is 9.48. The summed E-state index contributed by atoms with van der Waals surface area (Å²) in [5.41, 5.74) is 0.538. The van der Waals surface area contributed by atoms with Crippen molar-refractivity contribution in [1.29, 1.82) is 0 Å². The first-order chi connectivity index (χ1) is 16.8. The number of fused-ring (bicyclic) bond motifs is 1. The van der Waals surface area contributed by atoms with Gasteiger partial charge in [0.25, 0.3) is 5.91 Å². The molecule has 2 bridgehead atoms. The Kier molecular flexibility index (Phi) is 7.55. The van der Waals surface area contributed by atoms with Gasteiger partial charge in [0, 0.05) is 11.8 Å². The Morgan fingerprint density at radius 3 is 2.71 bits per heavy atom. The van der Waals surface area contributed by atoms with Gasteiger partial charge in [0.15, 0.2) is 0 Å². The number of anilines is 1. The Hall–Kier alpha value is -2.03. The highest BCUT2D eigenvalue weighted by molar-refractivity contribution is 8.02. The van der Waals surface area contributed by atoms with E-state index in [1.165, 1.54) is 0 Å². The van der Waals surface area contributed by atoms with Crippen LogP contribution in [-0.4, -0.2) is 69.6 Å². The lowest BCUT2D eigenvalue weighted by Gasteiger charge is -2.42. The van der Waals surface area contributed by atoms with Gasteiger partial charge in [-0.15, -0.1) is 18.3 Å². The largest absolute Gasteiger partial charge is 0.466 e. The van der Waals surface area contributed by atoms with Crippen LogP contribution in [-0.2, 0) is 19.1 Å². The molecule has 4 rings (SSSR count). The minimum absolute atomic E-state index is 0.0177. The van der Waals surface area contributed by atoms with Crippen molar-refractivity contribution >= 4 is 46.8 Å². The predicted octanol–water partition coefficient (Wildman–Crippen LogP) is 3.53. The molecule has 0 aromatic heterocycles. The van der Waals surface area contributed by atoms with Crippen molar-refractivity contribution in [3.05, 3.63) is 41.9 Å². The van der Waals surface area contributed by atoms with Crippen LogP contribution in [0.25, 0.3) is 0 Å². The minimum atomic E-state index is -0.849. The molecule has 3 saturated heterocycles. The standard InChI is InChI=1S/C26H33ClN2O5S/c1-5-12-28(18-11-9-8-10-17(18)27)24(32)22-26-15(4)13-19(35-26)20(25(33)34-7-3)21(26)23(31)29(22)16(6-2)14-30/h5,8-11,15-16,19-22,30H,1,6-7,12-14H2,2-4H3/t15?,16-,19+,20-,21-,22?,26?/m0/s1. The van der Waals surface area contributed by atoms with Crippen molar-refractivity contribution in [2.24, 2.45) is 17.8 Å². The first-order valence-electron chi connectivity index (χ1n) is 12.2. The number of aliphatic hydroxyl groups excluding tert-OH is 1. The van der Waals surface area contributed by atoms with Crippen molar-refractivity contribution < 1.29 is 24.2 Å². The highest BCUT2D eigenvalue weighted by Crippen LogP contribution is 2.69. The van der Waals surface area contributed by atoms with Gasteiger partial charge in [-0.2, -0.15) is 0 Å². The van der Waals surface area contributed by atoms with Gasteiger partial charge < -0.3 is 19.6 Å². The minimum Gasteiger partial charge on any atom is -0.466 e. The second-order valence-corrected chi connectivity index (χ2v) is 11.4. The normalized spacial score (nSPS) is 31.9. The lowest BCUT2D eigenvalue weighted by molar-refractivity contribution is -0.154. The highest BCUT2D eigenvalue weighted by atomic mass is 35.5. The number of likely N-dealkylation sites (tertiary alicyclic amines) is 1. The molecule has 9 heteroatoms. The monoisotopic (exact) mass is 520 g/mol. The molecule has 0 saturated carbocycles. The van der Waals surface area contributed by atoms with Crippen LogP contribution < -0.4 is 4.90 Å². The number of benzene rings is 1. The average Bonchev–Trinajstić information content (AvgIpc) is 3.43. The Balaban J connectivity index is 1.86. The van der Waals surface area contributed by atoms with E-state index in [1.807, 2.05) is 6.92 Å². The molecule has 35 heavy (non-hydrogen) atoms. The smallest absolute Gasteiger partial charge is 0.310 e. The number of ether oxygens (including phenoxy) is 1. The number of carbonyl (C=O) groups excluding carboxylic acids is 3. The maximum absolute atomic E-state index is 14.5. The number of esters is 1. The molecule has 3 unspecified atom stereocenters. The topological polar surface area (TPSA) is 87.2 Å². The molecule has 1 N–H and O–H groups in total. The zero-order valence-electron chi connectivity index (χ0n) is 20.4. The van der Waals surface area contributed by atoms with Crippen LogP contribution >= 0.6 is 23.4 Å². The summed E-state index contributed by atoms with van der Waals surface area (Å²) in [5, 5.41) is 10.5. The van der Waals surface area contributed by atoms with Crippen molar-refractivity contribution in [1.82, 2.24) is 4.90 Å². The summed E-state index contributed by atoms with van der Waals surface area (Å²) in [7, 11) is 0. The molecule has 3 aliphatic rings. The molecule has 0 aliphatic carbocycles. The summed E-state index contributed by atoms with van der Waals surface area (Å²) < 4.78 is 4.59. The number of hydrogen-bond donors (Lipinski definition) is 1. The van der Waals surface area contributed by atoms with Crippen LogP contribution in [0.15, 0.2) is 36.9 Å². The second kappa shape index (κ2) is 10.1. The summed E-state index contributed by atoms with van der Waals surface area (Å²) in [6, 6.07) is 5.70. The van der Waals surface area contributed by atoms with E-state index in [-0.39, 0.29) is 48.7 Å². The molecular weight excluding hydrogens is 488 g/mol. The van der Waals surface area contributed by atoms with E-state index in [0.29, 0.717) is 17.1 Å². The molecule has 3 fully saturated rings. The zero-order valence-corrected chi connectivity index (χ0v) is 21.9. The summed E-state index contributed by atoms with van der Waals surface area (Å²) >= 11 is 8.07. The van der Waals surface area contributed by atoms with Gasteiger partial charge in [-0.3, -0.25) is 14.4 Å². The van der Waals surface area contributed by atoms with Crippen molar-refractivity contribution in [3.8, 4) is 0 Å². The maximum atomic E-state index is 14.5. The Bertz CT molecular complexity index is 1020. The van der Waals surface area contributed by atoms with Gasteiger partial charge in [-0.1, -0.05) is 43.7 Å². The first-order valence-corrected chi connectivity index (χ1v) is 13.5. The van der Waals surface area contributed by atoms with Crippen molar-refractivity contribution in [2.45, 2.75) is 55.7 Å². The van der Waals surface area contributed by atoms with Crippen LogP contribution in [0.1, 0.15) is 33.6 Å². The van der Waals surface area contributed by atoms with E-state index in [2.05, 4.69) is 13.5 Å². The number of para-hydroxylation sites is 1. The van der Waals surface area contributed by atoms with E-state index in [0.717, 1.165) is 6.42 Å². The Morgan fingerprint density at radius 1 is 1.40 bits per heavy atom. The summed E-state index contributed by atoms with van der Waals surface area (Å²) in [6.07, 6.45) is 2.83. The SMILES string of the molecule is C=CCN(C(=O)C1N([C@@H](CC)CO)C(=O)[C@@H]2[C@@H](C(=O)OCC)[C@H]3CC(C)C12S3)c1ccccc1Cl. The summed E-state index contributed by atoms with van der Waals surface area (Å²) in [4.78, 5) is 44.7. The molecule has 1 spiro atoms. The molecule has 7 atom stereocenters. The van der Waals surface area contributed by atoms with E-state index < -0.39 is 28.7 Å². The van der Waals surface area contributed by atoms with E-state index in [4.69, 9.17) is 16.3 Å². The van der Waals surface area contributed by atoms with E-state index in [9.17, 15) is 19.5 Å². The molecule has 7 nitrogen and oxygen atoms in total. The highest BCUT2D eigenvalue weighted by Gasteiger charge is 2.77. The number of carbonyl (C=O) groups is 3. The van der Waals surface area contributed by atoms with Crippen LogP contribution in [0, 0.1) is 17.8 Å². The fraction of sp³-hybridized carbons (Fsp3) is 0.577. The molecule has 0 radical (unpaired) electrons.